The summed E-state index contributed by atoms with van der Waals surface area (Å²) in [6, 6.07) is 17.5. The molecule has 0 unspecified atom stereocenters. The summed E-state index contributed by atoms with van der Waals surface area (Å²) in [5, 5.41) is 21.2. The van der Waals surface area contributed by atoms with Gasteiger partial charge in [0.25, 0.3) is 11.8 Å². The molecule has 0 amide bonds. The van der Waals surface area contributed by atoms with Crippen LogP contribution in [-0.4, -0.2) is 15.3 Å². The van der Waals surface area contributed by atoms with Gasteiger partial charge in [0.15, 0.2) is 0 Å². The molecule has 0 atom stereocenters. The maximum Gasteiger partial charge on any atom is 0.349 e. The van der Waals surface area contributed by atoms with Gasteiger partial charge in [-0.25, -0.2) is 4.79 Å². The van der Waals surface area contributed by atoms with Crippen LogP contribution in [0.5, 0.6) is 5.75 Å². The molecule has 0 saturated heterocycles. The summed E-state index contributed by atoms with van der Waals surface area (Å²) < 4.78 is 11.0. The highest BCUT2D eigenvalue weighted by molar-refractivity contribution is 6.31. The van der Waals surface area contributed by atoms with Gasteiger partial charge < -0.3 is 13.9 Å². The zero-order chi connectivity index (χ0) is 19.3. The van der Waals surface area contributed by atoms with Gasteiger partial charge in [-0.3, -0.25) is 0 Å². The minimum absolute atomic E-state index is 0.00168. The van der Waals surface area contributed by atoms with Gasteiger partial charge in [0.1, 0.15) is 16.9 Å². The van der Waals surface area contributed by atoms with Crippen molar-refractivity contribution < 1.29 is 13.9 Å². The standard InChI is InChI=1S/C21H11ClN2O4/c22-14-5-6-18-13(7-14)9-16(21(26)27-18)20-24-23-19(28-20)15-8-11-3-1-2-4-12(11)10-17(15)25/h1-10,25H. The minimum Gasteiger partial charge on any atom is -0.507 e. The summed E-state index contributed by atoms with van der Waals surface area (Å²) in [6.07, 6.45) is 0. The van der Waals surface area contributed by atoms with Crippen molar-refractivity contribution in [2.75, 3.05) is 0 Å². The second-order valence-corrected chi connectivity index (χ2v) is 6.69. The molecular formula is C21H11ClN2O4. The third kappa shape index (κ3) is 2.71. The molecule has 0 bridgehead atoms. The van der Waals surface area contributed by atoms with Crippen LogP contribution in [0.3, 0.4) is 0 Å². The maximum atomic E-state index is 12.3. The van der Waals surface area contributed by atoms with E-state index < -0.39 is 5.63 Å². The van der Waals surface area contributed by atoms with E-state index in [0.717, 1.165) is 10.8 Å². The number of nitrogens with zero attached hydrogens (tertiary/aromatic N) is 2. The van der Waals surface area contributed by atoms with E-state index in [-0.39, 0.29) is 23.1 Å². The van der Waals surface area contributed by atoms with Gasteiger partial charge in [-0.2, -0.15) is 0 Å². The lowest BCUT2D eigenvalue weighted by molar-refractivity contribution is 0.474. The van der Waals surface area contributed by atoms with Crippen LogP contribution >= 0.6 is 11.6 Å². The van der Waals surface area contributed by atoms with Crippen molar-refractivity contribution in [3.8, 4) is 28.7 Å². The highest BCUT2D eigenvalue weighted by atomic mass is 35.5. The lowest BCUT2D eigenvalue weighted by Gasteiger charge is -2.03. The first-order chi connectivity index (χ1) is 13.6. The summed E-state index contributed by atoms with van der Waals surface area (Å²) >= 11 is 6.01. The number of fused-ring (bicyclic) bond motifs is 2. The number of phenolic OH excluding ortho intramolecular Hbond substituents is 1. The Hall–Kier alpha value is -3.64. The Morgan fingerprint density at radius 3 is 2.25 bits per heavy atom. The Labute approximate surface area is 162 Å². The fraction of sp³-hybridized carbons (Fsp3) is 0. The van der Waals surface area contributed by atoms with E-state index in [1.165, 1.54) is 0 Å². The lowest BCUT2D eigenvalue weighted by Crippen LogP contribution is -2.02. The minimum atomic E-state index is -0.604. The smallest absolute Gasteiger partial charge is 0.349 e. The summed E-state index contributed by atoms with van der Waals surface area (Å²) in [5.41, 5.74) is 0.303. The number of halogens is 1. The van der Waals surface area contributed by atoms with Crippen LogP contribution in [0.1, 0.15) is 0 Å². The number of aromatic nitrogens is 2. The number of phenols is 1. The second kappa shape index (κ2) is 6.21. The Morgan fingerprint density at radius 1 is 0.786 bits per heavy atom. The molecule has 0 fully saturated rings. The molecule has 0 aliphatic rings. The van der Waals surface area contributed by atoms with Crippen LogP contribution in [0.2, 0.25) is 5.02 Å². The van der Waals surface area contributed by atoms with E-state index in [0.29, 0.717) is 21.6 Å². The number of benzene rings is 3. The Morgan fingerprint density at radius 2 is 1.46 bits per heavy atom. The molecule has 6 nitrogen and oxygen atoms in total. The van der Waals surface area contributed by atoms with Crippen molar-refractivity contribution in [3.63, 3.8) is 0 Å². The van der Waals surface area contributed by atoms with E-state index in [1.807, 2.05) is 24.3 Å². The van der Waals surface area contributed by atoms with Crippen molar-refractivity contribution in [2.24, 2.45) is 0 Å². The fourth-order valence-electron chi connectivity index (χ4n) is 3.08. The number of hydrogen-bond donors (Lipinski definition) is 1. The average Bonchev–Trinajstić information content (AvgIpc) is 3.17. The molecule has 2 heterocycles. The van der Waals surface area contributed by atoms with Gasteiger partial charge in [-0.1, -0.05) is 35.9 Å². The number of hydrogen-bond acceptors (Lipinski definition) is 6. The van der Waals surface area contributed by atoms with Crippen molar-refractivity contribution in [3.05, 3.63) is 76.1 Å². The Bertz CT molecular complexity index is 1420. The largest absolute Gasteiger partial charge is 0.507 e. The van der Waals surface area contributed by atoms with Crippen LogP contribution in [0.4, 0.5) is 0 Å². The molecule has 3 aromatic carbocycles. The van der Waals surface area contributed by atoms with Gasteiger partial charge in [0.05, 0.1) is 5.56 Å². The zero-order valence-electron chi connectivity index (χ0n) is 14.2. The summed E-state index contributed by atoms with van der Waals surface area (Å²) in [5.74, 6) is 0.105. The number of aromatic hydroxyl groups is 1. The molecule has 5 rings (SSSR count). The predicted octanol–water partition coefficient (Wildman–Crippen LogP) is 5.02. The van der Waals surface area contributed by atoms with E-state index in [9.17, 15) is 9.90 Å². The van der Waals surface area contributed by atoms with Crippen LogP contribution in [0, 0.1) is 0 Å². The molecule has 5 aromatic rings. The van der Waals surface area contributed by atoms with E-state index >= 15 is 0 Å². The fourth-order valence-corrected chi connectivity index (χ4v) is 3.26. The first kappa shape index (κ1) is 16.5. The maximum absolute atomic E-state index is 12.3. The lowest BCUT2D eigenvalue weighted by atomic mass is 10.1. The first-order valence-corrected chi connectivity index (χ1v) is 8.76. The molecule has 7 heteroatoms. The van der Waals surface area contributed by atoms with Crippen molar-refractivity contribution in [1.29, 1.82) is 0 Å². The molecule has 0 radical (unpaired) electrons. The molecule has 0 aliphatic carbocycles. The molecule has 0 saturated carbocycles. The third-order valence-electron chi connectivity index (χ3n) is 4.44. The SMILES string of the molecule is O=c1oc2ccc(Cl)cc2cc1-c1nnc(-c2cc3ccccc3cc2O)o1. The van der Waals surface area contributed by atoms with Crippen LogP contribution < -0.4 is 5.63 Å². The predicted molar refractivity (Wildman–Crippen MR) is 105 cm³/mol. The zero-order valence-corrected chi connectivity index (χ0v) is 15.0. The Balaban J connectivity index is 1.64. The normalized spacial score (nSPS) is 11.3. The van der Waals surface area contributed by atoms with Crippen molar-refractivity contribution in [2.45, 2.75) is 0 Å². The van der Waals surface area contributed by atoms with Gasteiger partial charge in [0.2, 0.25) is 0 Å². The van der Waals surface area contributed by atoms with Gasteiger partial charge in [0, 0.05) is 10.4 Å². The van der Waals surface area contributed by atoms with E-state index in [1.54, 1.807) is 36.4 Å². The molecule has 136 valence electrons. The summed E-state index contributed by atoms with van der Waals surface area (Å²) in [4.78, 5) is 12.3. The highest BCUT2D eigenvalue weighted by Crippen LogP contribution is 2.34. The van der Waals surface area contributed by atoms with Crippen LogP contribution in [-0.2, 0) is 0 Å². The third-order valence-corrected chi connectivity index (χ3v) is 4.68. The van der Waals surface area contributed by atoms with E-state index in [2.05, 4.69) is 10.2 Å². The van der Waals surface area contributed by atoms with Gasteiger partial charge >= 0.3 is 5.63 Å². The molecule has 0 spiro atoms. The molecular weight excluding hydrogens is 380 g/mol. The van der Waals surface area contributed by atoms with Gasteiger partial charge in [-0.15, -0.1) is 10.2 Å². The molecule has 0 aliphatic heterocycles. The second-order valence-electron chi connectivity index (χ2n) is 6.26. The van der Waals surface area contributed by atoms with Gasteiger partial charge in [-0.05, 0) is 47.2 Å². The molecule has 2 aromatic heterocycles. The monoisotopic (exact) mass is 390 g/mol. The average molecular weight is 391 g/mol. The summed E-state index contributed by atoms with van der Waals surface area (Å²) in [6.45, 7) is 0. The highest BCUT2D eigenvalue weighted by Gasteiger charge is 2.18. The molecule has 28 heavy (non-hydrogen) atoms. The molecule has 1 N–H and O–H groups in total. The van der Waals surface area contributed by atoms with E-state index in [4.69, 9.17) is 20.4 Å². The topological polar surface area (TPSA) is 89.4 Å². The van der Waals surface area contributed by atoms with Crippen LogP contribution in [0.25, 0.3) is 44.7 Å². The number of rotatable bonds is 2. The quantitative estimate of drug-likeness (QED) is 0.425. The van der Waals surface area contributed by atoms with Crippen LogP contribution in [0.15, 0.2) is 74.3 Å². The summed E-state index contributed by atoms with van der Waals surface area (Å²) in [7, 11) is 0. The van der Waals surface area contributed by atoms with Crippen molar-refractivity contribution in [1.82, 2.24) is 10.2 Å². The first-order valence-electron chi connectivity index (χ1n) is 8.38. The Kier molecular flexibility index (Phi) is 3.67. The van der Waals surface area contributed by atoms with Crippen molar-refractivity contribution >= 4 is 33.3 Å².